The normalized spacial score (nSPS) is 9.64. The number of benzene rings is 1. The highest BCUT2D eigenvalue weighted by Gasteiger charge is 1.98. The number of hydrogen-bond donors (Lipinski definition) is 0. The maximum Gasteiger partial charge on any atom is 0.126 e. The predicted molar refractivity (Wildman–Crippen MR) is 45.9 cm³/mol. The number of halogens is 1. The molecule has 0 spiro atoms. The second kappa shape index (κ2) is 3.33. The monoisotopic (exact) mass is 150 g/mol. The summed E-state index contributed by atoms with van der Waals surface area (Å²) in [5, 5.41) is 0. The fraction of sp³-hybridized carbons (Fsp3) is 0.200. The molecule has 0 saturated heterocycles. The summed E-state index contributed by atoms with van der Waals surface area (Å²) in [7, 11) is 0. The van der Waals surface area contributed by atoms with E-state index < -0.39 is 0 Å². The first-order valence-corrected chi connectivity index (χ1v) is 3.68. The van der Waals surface area contributed by atoms with E-state index >= 15 is 0 Å². The largest absolute Gasteiger partial charge is 0.207 e. The quantitative estimate of drug-likeness (QED) is 0.607. The second-order valence-electron chi connectivity index (χ2n) is 2.41. The summed E-state index contributed by atoms with van der Waals surface area (Å²) in [6, 6.07) is 5.03. The molecule has 0 saturated carbocycles. The van der Waals surface area contributed by atoms with Crippen LogP contribution in [0.25, 0.3) is 6.08 Å². The van der Waals surface area contributed by atoms with Crippen LogP contribution in [-0.2, 0) is 6.42 Å². The van der Waals surface area contributed by atoms with Crippen LogP contribution >= 0.6 is 0 Å². The van der Waals surface area contributed by atoms with Crippen molar-refractivity contribution in [3.63, 3.8) is 0 Å². The SMILES string of the molecule is C=Cc1ccc(F)c(CC)c1. The van der Waals surface area contributed by atoms with Crippen LogP contribution in [0.1, 0.15) is 18.1 Å². The molecule has 0 nitrogen and oxygen atoms in total. The van der Waals surface area contributed by atoms with Gasteiger partial charge in [-0.3, -0.25) is 0 Å². The Morgan fingerprint density at radius 1 is 1.55 bits per heavy atom. The Morgan fingerprint density at radius 2 is 2.27 bits per heavy atom. The number of hydrogen-bond acceptors (Lipinski definition) is 0. The van der Waals surface area contributed by atoms with Gasteiger partial charge < -0.3 is 0 Å². The van der Waals surface area contributed by atoms with E-state index in [1.165, 1.54) is 6.07 Å². The van der Waals surface area contributed by atoms with Crippen molar-refractivity contribution in [2.75, 3.05) is 0 Å². The summed E-state index contributed by atoms with van der Waals surface area (Å²) in [5.74, 6) is -0.127. The molecule has 1 heteroatoms. The van der Waals surface area contributed by atoms with Crippen molar-refractivity contribution in [1.82, 2.24) is 0 Å². The lowest BCUT2D eigenvalue weighted by molar-refractivity contribution is 0.612. The van der Waals surface area contributed by atoms with Crippen molar-refractivity contribution >= 4 is 6.08 Å². The van der Waals surface area contributed by atoms with Crippen molar-refractivity contribution in [2.24, 2.45) is 0 Å². The molecule has 0 N–H and O–H groups in total. The standard InChI is InChI=1S/C10H11F/c1-3-8-5-6-10(11)9(4-2)7-8/h3,5-7H,1,4H2,2H3. The van der Waals surface area contributed by atoms with E-state index in [0.717, 1.165) is 17.5 Å². The Labute approximate surface area is 66.4 Å². The molecule has 0 aliphatic heterocycles. The third-order valence-electron chi connectivity index (χ3n) is 1.69. The molecule has 0 amide bonds. The maximum absolute atomic E-state index is 12.9. The zero-order valence-electron chi connectivity index (χ0n) is 6.60. The molecule has 0 atom stereocenters. The first-order valence-electron chi connectivity index (χ1n) is 3.68. The van der Waals surface area contributed by atoms with Crippen molar-refractivity contribution in [3.8, 4) is 0 Å². The molecule has 0 fully saturated rings. The van der Waals surface area contributed by atoms with Crippen LogP contribution < -0.4 is 0 Å². The summed E-state index contributed by atoms with van der Waals surface area (Å²) in [5.41, 5.74) is 1.73. The Balaban J connectivity index is 3.12. The molecule has 0 radical (unpaired) electrons. The van der Waals surface area contributed by atoms with Crippen LogP contribution in [-0.4, -0.2) is 0 Å². The summed E-state index contributed by atoms with van der Waals surface area (Å²) in [4.78, 5) is 0. The molecule has 11 heavy (non-hydrogen) atoms. The Hall–Kier alpha value is -1.11. The van der Waals surface area contributed by atoms with E-state index in [-0.39, 0.29) is 5.82 Å². The summed E-state index contributed by atoms with van der Waals surface area (Å²) < 4.78 is 12.9. The molecule has 0 aliphatic carbocycles. The maximum atomic E-state index is 12.9. The zero-order valence-corrected chi connectivity index (χ0v) is 6.60. The van der Waals surface area contributed by atoms with Gasteiger partial charge in [-0.05, 0) is 29.7 Å². The van der Waals surface area contributed by atoms with Crippen LogP contribution in [0.3, 0.4) is 0 Å². The zero-order chi connectivity index (χ0) is 8.27. The van der Waals surface area contributed by atoms with Gasteiger partial charge in [0.1, 0.15) is 5.82 Å². The Bertz CT molecular complexity index is 264. The number of rotatable bonds is 2. The highest BCUT2D eigenvalue weighted by atomic mass is 19.1. The smallest absolute Gasteiger partial charge is 0.126 e. The van der Waals surface area contributed by atoms with Gasteiger partial charge >= 0.3 is 0 Å². The van der Waals surface area contributed by atoms with E-state index in [4.69, 9.17) is 0 Å². The van der Waals surface area contributed by atoms with Crippen LogP contribution in [0.2, 0.25) is 0 Å². The van der Waals surface area contributed by atoms with Crippen molar-refractivity contribution in [1.29, 1.82) is 0 Å². The molecule has 0 unspecified atom stereocenters. The van der Waals surface area contributed by atoms with Crippen molar-refractivity contribution < 1.29 is 4.39 Å². The Morgan fingerprint density at radius 3 is 2.82 bits per heavy atom. The van der Waals surface area contributed by atoms with Gasteiger partial charge in [0.25, 0.3) is 0 Å². The molecule has 1 aromatic carbocycles. The Kier molecular flexibility index (Phi) is 2.42. The van der Waals surface area contributed by atoms with Gasteiger partial charge in [0.05, 0.1) is 0 Å². The van der Waals surface area contributed by atoms with Gasteiger partial charge in [0.2, 0.25) is 0 Å². The number of aryl methyl sites for hydroxylation is 1. The average molecular weight is 150 g/mol. The lowest BCUT2D eigenvalue weighted by Gasteiger charge is -1.99. The highest BCUT2D eigenvalue weighted by molar-refractivity contribution is 5.48. The van der Waals surface area contributed by atoms with Gasteiger partial charge in [-0.2, -0.15) is 0 Å². The predicted octanol–water partition coefficient (Wildman–Crippen LogP) is 3.03. The van der Waals surface area contributed by atoms with E-state index in [0.29, 0.717) is 0 Å². The molecule has 0 aliphatic rings. The van der Waals surface area contributed by atoms with Gasteiger partial charge in [-0.15, -0.1) is 0 Å². The van der Waals surface area contributed by atoms with Crippen LogP contribution in [0, 0.1) is 5.82 Å². The average Bonchev–Trinajstić information content (AvgIpc) is 2.05. The van der Waals surface area contributed by atoms with Crippen molar-refractivity contribution in [2.45, 2.75) is 13.3 Å². The van der Waals surface area contributed by atoms with E-state index in [9.17, 15) is 4.39 Å². The van der Waals surface area contributed by atoms with Gasteiger partial charge in [-0.1, -0.05) is 25.6 Å². The first-order chi connectivity index (χ1) is 5.27. The molecule has 58 valence electrons. The minimum Gasteiger partial charge on any atom is -0.207 e. The third kappa shape index (κ3) is 1.67. The highest BCUT2D eigenvalue weighted by Crippen LogP contribution is 2.11. The summed E-state index contributed by atoms with van der Waals surface area (Å²) in [6.07, 6.45) is 2.45. The van der Waals surface area contributed by atoms with E-state index in [1.807, 2.05) is 13.0 Å². The minimum atomic E-state index is -0.127. The minimum absolute atomic E-state index is 0.127. The molecule has 1 rings (SSSR count). The van der Waals surface area contributed by atoms with Gasteiger partial charge in [0, 0.05) is 0 Å². The molecular weight excluding hydrogens is 139 g/mol. The molecule has 0 bridgehead atoms. The lowest BCUT2D eigenvalue weighted by Crippen LogP contribution is -1.87. The third-order valence-corrected chi connectivity index (χ3v) is 1.69. The van der Waals surface area contributed by atoms with Crippen LogP contribution in [0.4, 0.5) is 4.39 Å². The topological polar surface area (TPSA) is 0 Å². The van der Waals surface area contributed by atoms with E-state index in [1.54, 1.807) is 12.1 Å². The second-order valence-corrected chi connectivity index (χ2v) is 2.41. The van der Waals surface area contributed by atoms with E-state index in [2.05, 4.69) is 6.58 Å². The molecular formula is C10H11F. The van der Waals surface area contributed by atoms with Gasteiger partial charge in [0.15, 0.2) is 0 Å². The lowest BCUT2D eigenvalue weighted by atomic mass is 10.1. The van der Waals surface area contributed by atoms with Gasteiger partial charge in [-0.25, -0.2) is 4.39 Å². The van der Waals surface area contributed by atoms with Crippen LogP contribution in [0.5, 0.6) is 0 Å². The molecule has 0 aromatic heterocycles. The first kappa shape index (κ1) is 7.99. The fourth-order valence-corrected chi connectivity index (χ4v) is 0.993. The molecule has 0 heterocycles. The van der Waals surface area contributed by atoms with Crippen molar-refractivity contribution in [3.05, 3.63) is 41.7 Å². The summed E-state index contributed by atoms with van der Waals surface area (Å²) >= 11 is 0. The molecule has 1 aromatic rings. The summed E-state index contributed by atoms with van der Waals surface area (Å²) in [6.45, 7) is 5.55. The fourth-order valence-electron chi connectivity index (χ4n) is 0.993. The van der Waals surface area contributed by atoms with Crippen LogP contribution in [0.15, 0.2) is 24.8 Å².